The summed E-state index contributed by atoms with van der Waals surface area (Å²) in [5, 5.41) is 0. The van der Waals surface area contributed by atoms with E-state index >= 15 is 0 Å². The van der Waals surface area contributed by atoms with Crippen molar-refractivity contribution in [3.8, 4) is 0 Å². The van der Waals surface area contributed by atoms with E-state index in [4.69, 9.17) is 0 Å². The number of imidazole rings is 1. The van der Waals surface area contributed by atoms with E-state index in [2.05, 4.69) is 11.6 Å². The summed E-state index contributed by atoms with van der Waals surface area (Å²) in [5.74, 6) is 0.556. The highest BCUT2D eigenvalue weighted by Crippen LogP contribution is 2.20. The molecule has 1 aromatic carbocycles. The van der Waals surface area contributed by atoms with Crippen LogP contribution in [0.2, 0.25) is 0 Å². The number of aryl methyl sites for hydroxylation is 1. The van der Waals surface area contributed by atoms with E-state index < -0.39 is 0 Å². The minimum atomic E-state index is 0.0435. The van der Waals surface area contributed by atoms with Gasteiger partial charge in [-0.15, -0.1) is 0 Å². The van der Waals surface area contributed by atoms with Gasteiger partial charge in [-0.1, -0.05) is 36.4 Å². The van der Waals surface area contributed by atoms with Crippen LogP contribution in [-0.2, 0) is 7.05 Å². The fraction of sp³-hybridized carbons (Fsp3) is 0.263. The average Bonchev–Trinajstić information content (AvgIpc) is 2.84. The minimum absolute atomic E-state index is 0.0435. The number of nitrogens with zero attached hydrogens (tertiary/aromatic N) is 2. The lowest BCUT2D eigenvalue weighted by Crippen LogP contribution is -2.08. The second-order valence-electron chi connectivity index (χ2n) is 5.57. The fourth-order valence-electron chi connectivity index (χ4n) is 2.49. The third-order valence-corrected chi connectivity index (χ3v) is 4.06. The van der Waals surface area contributed by atoms with Crippen LogP contribution in [0.4, 0.5) is 0 Å². The number of hydrogen-bond donors (Lipinski definition) is 0. The summed E-state index contributed by atoms with van der Waals surface area (Å²) in [6, 6.07) is 7.79. The lowest BCUT2D eigenvalue weighted by atomic mass is 9.99. The SMILES string of the molecule is C=C/C=C(C)\C(C)=C(/C)CC(=O)c1nc2ccccc2n1C. The molecule has 0 bridgehead atoms. The van der Waals surface area contributed by atoms with Gasteiger partial charge >= 0.3 is 0 Å². The lowest BCUT2D eigenvalue weighted by molar-refractivity contribution is 0.0980. The summed E-state index contributed by atoms with van der Waals surface area (Å²) in [4.78, 5) is 17.0. The van der Waals surface area contributed by atoms with Crippen molar-refractivity contribution >= 4 is 16.8 Å². The van der Waals surface area contributed by atoms with Gasteiger partial charge in [-0.25, -0.2) is 4.98 Å². The number of ketones is 1. The van der Waals surface area contributed by atoms with Gasteiger partial charge in [0.1, 0.15) is 0 Å². The van der Waals surface area contributed by atoms with Gasteiger partial charge in [-0.3, -0.25) is 4.79 Å². The second-order valence-corrected chi connectivity index (χ2v) is 5.57. The Balaban J connectivity index is 2.32. The number of rotatable bonds is 5. The number of carbonyl (C=O) groups is 1. The zero-order valence-electron chi connectivity index (χ0n) is 13.7. The Bertz CT molecular complexity index is 791. The monoisotopic (exact) mass is 294 g/mol. The van der Waals surface area contributed by atoms with Crippen molar-refractivity contribution in [3.63, 3.8) is 0 Å². The van der Waals surface area contributed by atoms with Crippen molar-refractivity contribution in [1.82, 2.24) is 9.55 Å². The Morgan fingerprint density at radius 1 is 1.27 bits per heavy atom. The van der Waals surface area contributed by atoms with Crippen LogP contribution in [0.1, 0.15) is 37.8 Å². The van der Waals surface area contributed by atoms with Gasteiger partial charge in [0.15, 0.2) is 5.82 Å². The van der Waals surface area contributed by atoms with Gasteiger partial charge < -0.3 is 4.57 Å². The molecule has 2 aromatic rings. The van der Waals surface area contributed by atoms with Crippen LogP contribution in [0, 0.1) is 0 Å². The Kier molecular flexibility index (Phi) is 4.76. The minimum Gasteiger partial charge on any atom is -0.325 e. The summed E-state index contributed by atoms with van der Waals surface area (Å²) in [7, 11) is 1.89. The quantitative estimate of drug-likeness (QED) is 0.596. The van der Waals surface area contributed by atoms with Gasteiger partial charge in [0.2, 0.25) is 5.78 Å². The standard InChI is InChI=1S/C19H22N2O/c1-6-9-13(2)15(4)14(3)12-18(22)19-20-16-10-7-8-11-17(16)21(19)5/h6-11H,1,12H2,2-5H3/b13-9-,15-14+. The zero-order valence-corrected chi connectivity index (χ0v) is 13.7. The van der Waals surface area contributed by atoms with Crippen LogP contribution < -0.4 is 0 Å². The van der Waals surface area contributed by atoms with Crippen LogP contribution in [0.3, 0.4) is 0 Å². The van der Waals surface area contributed by atoms with Crippen LogP contribution in [0.5, 0.6) is 0 Å². The third-order valence-electron chi connectivity index (χ3n) is 4.06. The van der Waals surface area contributed by atoms with Crippen molar-refractivity contribution in [3.05, 3.63) is 65.5 Å². The van der Waals surface area contributed by atoms with E-state index in [1.54, 1.807) is 6.08 Å². The number of hydrogen-bond acceptors (Lipinski definition) is 2. The molecule has 1 aromatic heterocycles. The van der Waals surface area contributed by atoms with E-state index in [1.807, 2.05) is 62.7 Å². The molecule has 0 saturated carbocycles. The Morgan fingerprint density at radius 2 is 1.95 bits per heavy atom. The van der Waals surface area contributed by atoms with E-state index in [1.165, 1.54) is 0 Å². The Hall–Kier alpha value is -2.42. The van der Waals surface area contributed by atoms with E-state index in [0.29, 0.717) is 12.2 Å². The van der Waals surface area contributed by atoms with Crippen molar-refractivity contribution < 1.29 is 4.79 Å². The highest BCUT2D eigenvalue weighted by molar-refractivity contribution is 5.97. The first-order valence-electron chi connectivity index (χ1n) is 7.36. The molecular formula is C19H22N2O. The number of para-hydroxylation sites is 2. The third kappa shape index (κ3) is 3.08. The molecule has 3 nitrogen and oxygen atoms in total. The number of allylic oxidation sites excluding steroid dienone is 5. The van der Waals surface area contributed by atoms with Gasteiger partial charge in [-0.05, 0) is 44.1 Å². The molecule has 2 rings (SSSR count). The van der Waals surface area contributed by atoms with Gasteiger partial charge in [0.05, 0.1) is 11.0 Å². The molecule has 0 N–H and O–H groups in total. The van der Waals surface area contributed by atoms with E-state index in [0.717, 1.165) is 27.8 Å². The molecule has 22 heavy (non-hydrogen) atoms. The van der Waals surface area contributed by atoms with Crippen LogP contribution in [0.25, 0.3) is 11.0 Å². The number of carbonyl (C=O) groups excluding carboxylic acids is 1. The molecular weight excluding hydrogens is 272 g/mol. The number of fused-ring (bicyclic) bond motifs is 1. The highest BCUT2D eigenvalue weighted by Gasteiger charge is 2.16. The number of Topliss-reactive ketones (excluding diaryl/α,β-unsaturated/α-hetero) is 1. The van der Waals surface area contributed by atoms with Crippen LogP contribution in [-0.4, -0.2) is 15.3 Å². The summed E-state index contributed by atoms with van der Waals surface area (Å²) < 4.78 is 1.87. The molecule has 3 heteroatoms. The summed E-state index contributed by atoms with van der Waals surface area (Å²) in [6.45, 7) is 9.77. The molecule has 114 valence electrons. The highest BCUT2D eigenvalue weighted by atomic mass is 16.1. The Labute approximate surface area is 131 Å². The van der Waals surface area contributed by atoms with Gasteiger partial charge in [0.25, 0.3) is 0 Å². The fourth-order valence-corrected chi connectivity index (χ4v) is 2.49. The maximum atomic E-state index is 12.6. The first-order valence-corrected chi connectivity index (χ1v) is 7.36. The molecule has 0 spiro atoms. The van der Waals surface area contributed by atoms with Gasteiger partial charge in [0, 0.05) is 13.5 Å². The second kappa shape index (κ2) is 6.56. The van der Waals surface area contributed by atoms with Crippen molar-refractivity contribution in [2.24, 2.45) is 7.05 Å². The molecule has 0 saturated heterocycles. The van der Waals surface area contributed by atoms with Crippen molar-refractivity contribution in [2.45, 2.75) is 27.2 Å². The predicted molar refractivity (Wildman–Crippen MR) is 92.0 cm³/mol. The van der Waals surface area contributed by atoms with E-state index in [9.17, 15) is 4.79 Å². The van der Waals surface area contributed by atoms with Crippen LogP contribution >= 0.6 is 0 Å². The molecule has 0 aliphatic rings. The topological polar surface area (TPSA) is 34.9 Å². The van der Waals surface area contributed by atoms with Crippen molar-refractivity contribution in [1.29, 1.82) is 0 Å². The summed E-state index contributed by atoms with van der Waals surface area (Å²) in [6.07, 6.45) is 4.10. The molecule has 1 heterocycles. The zero-order chi connectivity index (χ0) is 16.3. The molecule has 0 aliphatic carbocycles. The van der Waals surface area contributed by atoms with Gasteiger partial charge in [-0.2, -0.15) is 0 Å². The summed E-state index contributed by atoms with van der Waals surface area (Å²) >= 11 is 0. The van der Waals surface area contributed by atoms with E-state index in [-0.39, 0.29) is 5.78 Å². The normalized spacial score (nSPS) is 13.2. The number of benzene rings is 1. The predicted octanol–water partition coefficient (Wildman–Crippen LogP) is 4.61. The van der Waals surface area contributed by atoms with Crippen molar-refractivity contribution in [2.75, 3.05) is 0 Å². The Morgan fingerprint density at radius 3 is 2.59 bits per heavy atom. The lowest BCUT2D eigenvalue weighted by Gasteiger charge is -2.08. The smallest absolute Gasteiger partial charge is 0.202 e. The molecule has 0 atom stereocenters. The molecule has 0 unspecified atom stereocenters. The summed E-state index contributed by atoms with van der Waals surface area (Å²) in [5.41, 5.74) is 5.16. The van der Waals surface area contributed by atoms with Crippen LogP contribution in [0.15, 0.2) is 59.7 Å². The molecule has 0 amide bonds. The maximum Gasteiger partial charge on any atom is 0.202 e. The maximum absolute atomic E-state index is 12.6. The molecule has 0 fully saturated rings. The average molecular weight is 294 g/mol. The first kappa shape index (κ1) is 16.0. The largest absolute Gasteiger partial charge is 0.325 e. The molecule has 0 aliphatic heterocycles. The molecule has 0 radical (unpaired) electrons. The number of aromatic nitrogens is 2. The first-order chi connectivity index (χ1) is 10.5.